The Morgan fingerprint density at radius 1 is 1.21 bits per heavy atom. The molecule has 0 saturated carbocycles. The number of halogens is 1. The van der Waals surface area contributed by atoms with Gasteiger partial charge in [0, 0.05) is 11.6 Å². The molecule has 3 aromatic rings. The highest BCUT2D eigenvalue weighted by Crippen LogP contribution is 2.32. The molecule has 1 heterocycles. The van der Waals surface area contributed by atoms with Crippen LogP contribution in [-0.4, -0.2) is 9.91 Å². The molecular weight excluding hydrogens is 268 g/mol. The van der Waals surface area contributed by atoms with Crippen molar-refractivity contribution in [1.29, 1.82) is 0 Å². The van der Waals surface area contributed by atoms with Crippen LogP contribution in [0.25, 0.3) is 22.6 Å². The van der Waals surface area contributed by atoms with Crippen molar-refractivity contribution in [3.8, 4) is 11.5 Å². The lowest BCUT2D eigenvalue weighted by Crippen LogP contribution is -1.87. The first kappa shape index (κ1) is 11.7. The maximum atomic E-state index is 10.8. The summed E-state index contributed by atoms with van der Waals surface area (Å²) in [6.45, 7) is 0. The van der Waals surface area contributed by atoms with Gasteiger partial charge < -0.3 is 4.42 Å². The Balaban J connectivity index is 2.21. The van der Waals surface area contributed by atoms with Gasteiger partial charge in [-0.2, -0.15) is 0 Å². The molecule has 2 aromatic carbocycles. The van der Waals surface area contributed by atoms with Crippen LogP contribution < -0.4 is 0 Å². The zero-order valence-corrected chi connectivity index (χ0v) is 10.3. The minimum atomic E-state index is -0.518. The van der Waals surface area contributed by atoms with Crippen molar-refractivity contribution in [3.63, 3.8) is 0 Å². The van der Waals surface area contributed by atoms with Gasteiger partial charge in [-0.15, -0.1) is 0 Å². The number of hydrogen-bond acceptors (Lipinski definition) is 4. The Morgan fingerprint density at radius 3 is 2.63 bits per heavy atom. The quantitative estimate of drug-likeness (QED) is 0.522. The Bertz CT molecular complexity index is 768. The van der Waals surface area contributed by atoms with E-state index in [1.54, 1.807) is 0 Å². The first-order valence-electron chi connectivity index (χ1n) is 5.45. The summed E-state index contributed by atoms with van der Waals surface area (Å²) in [6, 6.07) is 11.9. The fraction of sp³-hybridized carbons (Fsp3) is 0. The highest BCUT2D eigenvalue weighted by molar-refractivity contribution is 6.35. The van der Waals surface area contributed by atoms with E-state index in [2.05, 4.69) is 4.98 Å². The molecule has 0 atom stereocenters. The minimum absolute atomic E-state index is 0.117. The number of nitro benzene ring substituents is 1. The summed E-state index contributed by atoms with van der Waals surface area (Å²) in [5, 5.41) is 11.0. The summed E-state index contributed by atoms with van der Waals surface area (Å²) in [7, 11) is 0. The number of benzene rings is 2. The minimum Gasteiger partial charge on any atom is -0.436 e. The van der Waals surface area contributed by atoms with Crippen LogP contribution in [-0.2, 0) is 0 Å². The van der Waals surface area contributed by atoms with E-state index in [1.165, 1.54) is 12.1 Å². The molecule has 0 radical (unpaired) electrons. The van der Waals surface area contributed by atoms with Crippen LogP contribution in [0.5, 0.6) is 0 Å². The third-order valence-corrected chi connectivity index (χ3v) is 2.95. The van der Waals surface area contributed by atoms with Gasteiger partial charge in [-0.1, -0.05) is 29.8 Å². The molecule has 5 nitrogen and oxygen atoms in total. The molecule has 1 aromatic heterocycles. The van der Waals surface area contributed by atoms with Crippen molar-refractivity contribution in [2.75, 3.05) is 0 Å². The summed E-state index contributed by atoms with van der Waals surface area (Å²) >= 11 is 5.98. The molecular formula is C13H7ClN2O3. The van der Waals surface area contributed by atoms with Crippen molar-refractivity contribution < 1.29 is 9.34 Å². The van der Waals surface area contributed by atoms with Crippen LogP contribution in [0.15, 0.2) is 46.9 Å². The largest absolute Gasteiger partial charge is 0.436 e. The second-order valence-electron chi connectivity index (χ2n) is 3.92. The van der Waals surface area contributed by atoms with Crippen molar-refractivity contribution in [2.24, 2.45) is 0 Å². The standard InChI is InChI=1S/C13H7ClN2O3/c14-10-6-9(16(17)18)7-11-12(10)15-13(19-11)8-4-2-1-3-5-8/h1-7H. The molecule has 3 rings (SSSR count). The van der Waals surface area contributed by atoms with Crippen LogP contribution in [0.3, 0.4) is 0 Å². The second-order valence-corrected chi connectivity index (χ2v) is 4.32. The lowest BCUT2D eigenvalue weighted by Gasteiger charge is -1.92. The Hall–Kier alpha value is -2.40. The molecule has 0 spiro atoms. The molecule has 0 aliphatic rings. The lowest BCUT2D eigenvalue weighted by atomic mass is 10.2. The number of oxazole rings is 1. The van der Waals surface area contributed by atoms with E-state index in [0.29, 0.717) is 17.0 Å². The van der Waals surface area contributed by atoms with Gasteiger partial charge in [0.15, 0.2) is 5.58 Å². The van der Waals surface area contributed by atoms with E-state index in [9.17, 15) is 10.1 Å². The molecule has 94 valence electrons. The predicted octanol–water partition coefficient (Wildman–Crippen LogP) is 4.06. The average Bonchev–Trinajstić information content (AvgIpc) is 2.84. The maximum absolute atomic E-state index is 10.8. The SMILES string of the molecule is O=[N+]([O-])c1cc(Cl)c2nc(-c3ccccc3)oc2c1. The van der Waals surface area contributed by atoms with Crippen LogP contribution in [0.1, 0.15) is 0 Å². The van der Waals surface area contributed by atoms with Crippen LogP contribution >= 0.6 is 11.6 Å². The van der Waals surface area contributed by atoms with Gasteiger partial charge in [-0.25, -0.2) is 4.98 Å². The van der Waals surface area contributed by atoms with Gasteiger partial charge in [-0.05, 0) is 12.1 Å². The van der Waals surface area contributed by atoms with Crippen molar-refractivity contribution in [1.82, 2.24) is 4.98 Å². The molecule has 0 bridgehead atoms. The summed E-state index contributed by atoms with van der Waals surface area (Å²) in [4.78, 5) is 14.5. The normalized spacial score (nSPS) is 10.8. The smallest absolute Gasteiger partial charge is 0.274 e. The van der Waals surface area contributed by atoms with E-state index in [-0.39, 0.29) is 10.7 Å². The van der Waals surface area contributed by atoms with E-state index in [4.69, 9.17) is 16.0 Å². The lowest BCUT2D eigenvalue weighted by molar-refractivity contribution is -0.384. The zero-order valence-electron chi connectivity index (χ0n) is 9.54. The average molecular weight is 275 g/mol. The molecule has 6 heteroatoms. The number of fused-ring (bicyclic) bond motifs is 1. The molecule has 0 saturated heterocycles. The first-order valence-corrected chi connectivity index (χ1v) is 5.83. The van der Waals surface area contributed by atoms with Gasteiger partial charge in [0.1, 0.15) is 5.52 Å². The first-order chi connectivity index (χ1) is 9.15. The number of non-ortho nitro benzene ring substituents is 1. The van der Waals surface area contributed by atoms with E-state index < -0.39 is 4.92 Å². The van der Waals surface area contributed by atoms with Crippen molar-refractivity contribution >= 4 is 28.4 Å². The third kappa shape index (κ3) is 2.04. The molecule has 0 fully saturated rings. The maximum Gasteiger partial charge on any atom is 0.274 e. The summed E-state index contributed by atoms with van der Waals surface area (Å²) in [5.74, 6) is 0.387. The Kier molecular flexibility index (Phi) is 2.68. The molecule has 0 amide bonds. The zero-order chi connectivity index (χ0) is 13.4. The Morgan fingerprint density at radius 2 is 1.95 bits per heavy atom. The number of aromatic nitrogens is 1. The summed E-state index contributed by atoms with van der Waals surface area (Å²) in [6.07, 6.45) is 0. The van der Waals surface area contributed by atoms with Crippen LogP contribution in [0.4, 0.5) is 5.69 Å². The van der Waals surface area contributed by atoms with Gasteiger partial charge in [0.2, 0.25) is 5.89 Å². The van der Waals surface area contributed by atoms with E-state index in [0.717, 1.165) is 5.56 Å². The van der Waals surface area contributed by atoms with Crippen molar-refractivity contribution in [2.45, 2.75) is 0 Å². The molecule has 19 heavy (non-hydrogen) atoms. The van der Waals surface area contributed by atoms with E-state index >= 15 is 0 Å². The van der Waals surface area contributed by atoms with Crippen LogP contribution in [0.2, 0.25) is 5.02 Å². The monoisotopic (exact) mass is 274 g/mol. The molecule has 0 aliphatic heterocycles. The molecule has 0 unspecified atom stereocenters. The topological polar surface area (TPSA) is 69.2 Å². The van der Waals surface area contributed by atoms with Gasteiger partial charge >= 0.3 is 0 Å². The highest BCUT2D eigenvalue weighted by atomic mass is 35.5. The van der Waals surface area contributed by atoms with Gasteiger partial charge in [-0.3, -0.25) is 10.1 Å². The van der Waals surface area contributed by atoms with Crippen molar-refractivity contribution in [3.05, 3.63) is 57.6 Å². The summed E-state index contributed by atoms with van der Waals surface area (Å²) in [5.41, 5.74) is 1.40. The van der Waals surface area contributed by atoms with Gasteiger partial charge in [0.25, 0.3) is 5.69 Å². The van der Waals surface area contributed by atoms with Crippen LogP contribution in [0, 0.1) is 10.1 Å². The number of nitro groups is 1. The number of hydrogen-bond donors (Lipinski definition) is 0. The summed E-state index contributed by atoms with van der Waals surface area (Å²) < 4.78 is 5.53. The fourth-order valence-corrected chi connectivity index (χ4v) is 2.03. The molecule has 0 aliphatic carbocycles. The van der Waals surface area contributed by atoms with Gasteiger partial charge in [0.05, 0.1) is 16.0 Å². The second kappa shape index (κ2) is 4.37. The fourth-order valence-electron chi connectivity index (χ4n) is 1.78. The van der Waals surface area contributed by atoms with E-state index in [1.807, 2.05) is 30.3 Å². The number of rotatable bonds is 2. The Labute approximate surface area is 112 Å². The third-order valence-electron chi connectivity index (χ3n) is 2.66. The highest BCUT2D eigenvalue weighted by Gasteiger charge is 2.16. The number of nitrogens with zero attached hydrogens (tertiary/aromatic N) is 2. The predicted molar refractivity (Wildman–Crippen MR) is 71.1 cm³/mol. The molecule has 0 N–H and O–H groups in total.